The van der Waals surface area contributed by atoms with Gasteiger partial charge in [0.1, 0.15) is 0 Å². The van der Waals surface area contributed by atoms with E-state index in [-0.39, 0.29) is 5.91 Å². The Balaban J connectivity index is 0.000000391. The molecule has 0 bridgehead atoms. The molecule has 2 atom stereocenters. The molecule has 0 unspecified atom stereocenters. The maximum atomic E-state index is 11.9. The number of anilines is 2. The number of aromatic amines is 1. The van der Waals surface area contributed by atoms with Gasteiger partial charge in [0.25, 0.3) is 0 Å². The largest absolute Gasteiger partial charge is 0.381 e. The van der Waals surface area contributed by atoms with Gasteiger partial charge in [-0.25, -0.2) is 0 Å². The van der Waals surface area contributed by atoms with E-state index in [1.165, 1.54) is 23.2 Å². The van der Waals surface area contributed by atoms with Crippen LogP contribution in [0.2, 0.25) is 0 Å². The van der Waals surface area contributed by atoms with Crippen LogP contribution >= 0.6 is 0 Å². The molecule has 192 valence electrons. The van der Waals surface area contributed by atoms with E-state index in [0.29, 0.717) is 12.5 Å². The van der Waals surface area contributed by atoms with Gasteiger partial charge in [0.05, 0.1) is 12.7 Å². The van der Waals surface area contributed by atoms with Gasteiger partial charge < -0.3 is 14.5 Å². The number of ether oxygens (including phenoxy) is 1. The van der Waals surface area contributed by atoms with Gasteiger partial charge in [-0.1, -0.05) is 19.9 Å². The zero-order chi connectivity index (χ0) is 25.2. The number of H-pyrrole nitrogens is 1. The van der Waals surface area contributed by atoms with Crippen molar-refractivity contribution in [3.05, 3.63) is 47.4 Å². The molecule has 6 rings (SSSR count). The van der Waals surface area contributed by atoms with Gasteiger partial charge in [-0.2, -0.15) is 10.2 Å². The van der Waals surface area contributed by atoms with Crippen LogP contribution in [0.3, 0.4) is 0 Å². The Morgan fingerprint density at radius 3 is 2.72 bits per heavy atom. The number of carbonyl (C=O) groups is 1. The number of nitrogens with zero attached hydrogens (tertiary/aromatic N) is 5. The highest BCUT2D eigenvalue weighted by Crippen LogP contribution is 2.43. The van der Waals surface area contributed by atoms with Crippen LogP contribution in [-0.4, -0.2) is 57.1 Å². The lowest BCUT2D eigenvalue weighted by molar-refractivity contribution is -0.129. The van der Waals surface area contributed by atoms with E-state index in [1.54, 1.807) is 6.92 Å². The van der Waals surface area contributed by atoms with E-state index in [4.69, 9.17) is 9.84 Å². The number of hydrogen-bond acceptors (Lipinski definition) is 5. The SMILES string of the molecule is CC[C@H]1CCN(c2n[nH]c3c2CN(C(C)=O)CC3)c2ccc(-c3cnn(C)c3)cc21.C[C@H]1CCOC1. The summed E-state index contributed by atoms with van der Waals surface area (Å²) >= 11 is 0. The number of rotatable bonds is 3. The van der Waals surface area contributed by atoms with Gasteiger partial charge in [0.15, 0.2) is 5.82 Å². The molecule has 1 aromatic carbocycles. The molecule has 0 radical (unpaired) electrons. The number of benzene rings is 1. The van der Waals surface area contributed by atoms with E-state index in [2.05, 4.69) is 53.3 Å². The Bertz CT molecular complexity index is 1210. The maximum Gasteiger partial charge on any atom is 0.219 e. The van der Waals surface area contributed by atoms with Crippen molar-refractivity contribution < 1.29 is 9.53 Å². The minimum Gasteiger partial charge on any atom is -0.381 e. The summed E-state index contributed by atoms with van der Waals surface area (Å²) < 4.78 is 6.90. The van der Waals surface area contributed by atoms with Gasteiger partial charge in [0.2, 0.25) is 5.91 Å². The molecule has 0 spiro atoms. The maximum absolute atomic E-state index is 11.9. The van der Waals surface area contributed by atoms with Crippen LogP contribution < -0.4 is 4.90 Å². The molecule has 8 heteroatoms. The zero-order valence-electron chi connectivity index (χ0n) is 22.0. The smallest absolute Gasteiger partial charge is 0.219 e. The summed E-state index contributed by atoms with van der Waals surface area (Å²) in [5, 5.41) is 12.3. The Morgan fingerprint density at radius 2 is 2.08 bits per heavy atom. The van der Waals surface area contributed by atoms with Crippen molar-refractivity contribution in [2.45, 2.75) is 58.9 Å². The van der Waals surface area contributed by atoms with E-state index in [9.17, 15) is 4.79 Å². The van der Waals surface area contributed by atoms with E-state index >= 15 is 0 Å². The van der Waals surface area contributed by atoms with Crippen LogP contribution in [0.1, 0.15) is 62.8 Å². The fourth-order valence-electron chi connectivity index (χ4n) is 5.51. The molecule has 0 saturated carbocycles. The molecule has 8 nitrogen and oxygen atoms in total. The molecule has 1 fully saturated rings. The molecule has 0 aliphatic carbocycles. The van der Waals surface area contributed by atoms with Crippen molar-refractivity contribution in [1.29, 1.82) is 0 Å². The summed E-state index contributed by atoms with van der Waals surface area (Å²) in [6.07, 6.45) is 8.29. The number of hydrogen-bond donors (Lipinski definition) is 1. The molecular weight excluding hydrogens is 452 g/mol. The molecule has 5 heterocycles. The van der Waals surface area contributed by atoms with Crippen LogP contribution in [-0.2, 0) is 29.5 Å². The standard InChI is InChI=1S/C23H28N6O.C5H10O/c1-4-16-7-10-29(23-20-14-28(15(2)30)9-8-21(20)25-26-23)22-6-5-17(11-19(16)22)18-12-24-27(3)13-18;1-5-2-3-6-4-5/h5-6,11-13,16H,4,7-10,14H2,1-3H3,(H,25,26);5H,2-4H2,1H3/t16-;5-/m00/s1. The fraction of sp³-hybridized carbons (Fsp3) is 0.536. The van der Waals surface area contributed by atoms with Gasteiger partial charge in [-0.3, -0.25) is 14.6 Å². The Morgan fingerprint density at radius 1 is 1.22 bits per heavy atom. The zero-order valence-corrected chi connectivity index (χ0v) is 22.0. The molecule has 36 heavy (non-hydrogen) atoms. The number of carbonyl (C=O) groups excluding carboxylic acids is 1. The second-order valence-electron chi connectivity index (χ2n) is 10.4. The highest BCUT2D eigenvalue weighted by atomic mass is 16.5. The topological polar surface area (TPSA) is 79.3 Å². The van der Waals surface area contributed by atoms with Crippen molar-refractivity contribution in [1.82, 2.24) is 24.9 Å². The van der Waals surface area contributed by atoms with Crippen molar-refractivity contribution in [3.63, 3.8) is 0 Å². The third-order valence-corrected chi connectivity index (χ3v) is 7.76. The molecule has 3 aliphatic heterocycles. The predicted molar refractivity (Wildman–Crippen MR) is 141 cm³/mol. The Labute approximate surface area is 213 Å². The van der Waals surface area contributed by atoms with E-state index in [0.717, 1.165) is 74.1 Å². The van der Waals surface area contributed by atoms with Gasteiger partial charge in [-0.15, -0.1) is 0 Å². The third kappa shape index (κ3) is 4.91. The van der Waals surface area contributed by atoms with Gasteiger partial charge in [0, 0.05) is 75.4 Å². The normalized spacial score (nSPS) is 21.0. The molecule has 1 saturated heterocycles. The predicted octanol–water partition coefficient (Wildman–Crippen LogP) is 4.79. The summed E-state index contributed by atoms with van der Waals surface area (Å²) in [4.78, 5) is 16.2. The van der Waals surface area contributed by atoms with Crippen LogP contribution in [0.5, 0.6) is 0 Å². The first-order valence-corrected chi connectivity index (χ1v) is 13.2. The summed E-state index contributed by atoms with van der Waals surface area (Å²) in [6.45, 7) is 10.4. The van der Waals surface area contributed by atoms with Crippen LogP contribution in [0, 0.1) is 5.92 Å². The molecule has 1 amide bonds. The van der Waals surface area contributed by atoms with Crippen molar-refractivity contribution >= 4 is 17.4 Å². The van der Waals surface area contributed by atoms with Crippen molar-refractivity contribution in [3.8, 4) is 11.1 Å². The summed E-state index contributed by atoms with van der Waals surface area (Å²) in [7, 11) is 1.95. The number of nitrogens with one attached hydrogen (secondary N) is 1. The monoisotopic (exact) mass is 490 g/mol. The Hall–Kier alpha value is -3.13. The van der Waals surface area contributed by atoms with Crippen LogP contribution in [0.4, 0.5) is 11.5 Å². The lowest BCUT2D eigenvalue weighted by Crippen LogP contribution is -2.35. The average molecular weight is 491 g/mol. The fourth-order valence-corrected chi connectivity index (χ4v) is 5.51. The van der Waals surface area contributed by atoms with Gasteiger partial charge >= 0.3 is 0 Å². The minimum absolute atomic E-state index is 0.124. The van der Waals surface area contributed by atoms with Crippen LogP contribution in [0.15, 0.2) is 30.6 Å². The third-order valence-electron chi connectivity index (χ3n) is 7.76. The lowest BCUT2D eigenvalue weighted by atomic mass is 9.86. The van der Waals surface area contributed by atoms with E-state index < -0.39 is 0 Å². The molecule has 3 aliphatic rings. The second-order valence-corrected chi connectivity index (χ2v) is 10.4. The first kappa shape index (κ1) is 24.6. The van der Waals surface area contributed by atoms with Crippen molar-refractivity contribution in [2.75, 3.05) is 31.2 Å². The quantitative estimate of drug-likeness (QED) is 0.571. The number of amides is 1. The summed E-state index contributed by atoms with van der Waals surface area (Å²) in [6, 6.07) is 6.74. The summed E-state index contributed by atoms with van der Waals surface area (Å²) in [5.74, 6) is 2.46. The summed E-state index contributed by atoms with van der Waals surface area (Å²) in [5.41, 5.74) is 7.27. The first-order chi connectivity index (χ1) is 17.4. The highest BCUT2D eigenvalue weighted by Gasteiger charge is 2.31. The number of fused-ring (bicyclic) bond motifs is 2. The molecule has 1 N–H and O–H groups in total. The Kier molecular flexibility index (Phi) is 7.14. The molecule has 2 aromatic heterocycles. The molecule has 3 aromatic rings. The minimum atomic E-state index is 0.124. The van der Waals surface area contributed by atoms with E-state index in [1.807, 2.05) is 22.8 Å². The molecular formula is C28H38N6O2. The lowest BCUT2D eigenvalue weighted by Gasteiger charge is -2.36. The van der Waals surface area contributed by atoms with Crippen molar-refractivity contribution in [2.24, 2.45) is 13.0 Å². The number of aryl methyl sites for hydroxylation is 1. The van der Waals surface area contributed by atoms with Crippen LogP contribution in [0.25, 0.3) is 11.1 Å². The second kappa shape index (κ2) is 10.5. The number of aromatic nitrogens is 4. The highest BCUT2D eigenvalue weighted by molar-refractivity contribution is 5.76. The first-order valence-electron chi connectivity index (χ1n) is 13.2. The average Bonchev–Trinajstić information content (AvgIpc) is 3.64. The van der Waals surface area contributed by atoms with Gasteiger partial charge in [-0.05, 0) is 54.4 Å².